The first-order valence-electron chi connectivity index (χ1n) is 11.1. The van der Waals surface area contributed by atoms with E-state index in [9.17, 15) is 14.4 Å². The highest BCUT2D eigenvalue weighted by Crippen LogP contribution is 2.38. The lowest BCUT2D eigenvalue weighted by molar-refractivity contribution is -0.134. The van der Waals surface area contributed by atoms with Crippen LogP contribution in [0.25, 0.3) is 0 Å². The topological polar surface area (TPSA) is 87.7 Å². The Balaban J connectivity index is 1.52. The van der Waals surface area contributed by atoms with Gasteiger partial charge in [-0.25, -0.2) is 0 Å². The lowest BCUT2D eigenvalue weighted by atomic mass is 10.0. The van der Waals surface area contributed by atoms with E-state index in [2.05, 4.69) is 10.6 Å². The quantitative estimate of drug-likeness (QED) is 0.730. The number of nitrogens with zero attached hydrogens (tertiary/aromatic N) is 1. The van der Waals surface area contributed by atoms with Crippen LogP contribution in [0.5, 0.6) is 5.75 Å². The first-order chi connectivity index (χ1) is 15.3. The van der Waals surface area contributed by atoms with E-state index in [1.807, 2.05) is 30.3 Å². The van der Waals surface area contributed by atoms with Gasteiger partial charge in [0.1, 0.15) is 12.3 Å². The average molecular weight is 436 g/mol. The molecular formula is C25H29N3O4. The van der Waals surface area contributed by atoms with Gasteiger partial charge in [-0.1, -0.05) is 43.2 Å². The Bertz CT molecular complexity index is 1010. The maximum atomic E-state index is 13.1. The lowest BCUT2D eigenvalue weighted by Crippen LogP contribution is -2.55. The maximum absolute atomic E-state index is 13.1. The van der Waals surface area contributed by atoms with Crippen molar-refractivity contribution in [1.82, 2.24) is 10.6 Å². The summed E-state index contributed by atoms with van der Waals surface area (Å²) in [5.74, 6) is -0.312. The van der Waals surface area contributed by atoms with Crippen LogP contribution in [0.3, 0.4) is 0 Å². The number of amides is 3. The fourth-order valence-corrected chi connectivity index (χ4v) is 4.20. The lowest BCUT2D eigenvalue weighted by Gasteiger charge is -2.38. The molecule has 0 spiro atoms. The number of hydrogen-bond acceptors (Lipinski definition) is 4. The maximum Gasteiger partial charge on any atom is 0.271 e. The van der Waals surface area contributed by atoms with Crippen LogP contribution in [0.15, 0.2) is 48.5 Å². The van der Waals surface area contributed by atoms with Gasteiger partial charge in [0.15, 0.2) is 5.60 Å². The van der Waals surface area contributed by atoms with E-state index in [1.165, 1.54) is 4.90 Å². The molecule has 1 aliphatic carbocycles. The smallest absolute Gasteiger partial charge is 0.271 e. The van der Waals surface area contributed by atoms with Crippen LogP contribution in [0.1, 0.15) is 55.5 Å². The third-order valence-electron chi connectivity index (χ3n) is 5.96. The molecule has 168 valence electrons. The summed E-state index contributed by atoms with van der Waals surface area (Å²) in [6.07, 6.45) is 4.22. The van der Waals surface area contributed by atoms with Crippen molar-refractivity contribution in [2.75, 3.05) is 11.4 Å². The number of nitrogens with one attached hydrogen (secondary N) is 2. The fraction of sp³-hybridized carbons (Fsp3) is 0.400. The molecule has 1 heterocycles. The molecule has 4 rings (SSSR count). The molecule has 0 radical (unpaired) electrons. The summed E-state index contributed by atoms with van der Waals surface area (Å²) in [5, 5.41) is 5.92. The molecule has 2 aromatic carbocycles. The summed E-state index contributed by atoms with van der Waals surface area (Å²) in [4.78, 5) is 39.9. The normalized spacial score (nSPS) is 17.4. The van der Waals surface area contributed by atoms with Crippen molar-refractivity contribution >= 4 is 23.4 Å². The molecule has 7 heteroatoms. The zero-order valence-corrected chi connectivity index (χ0v) is 18.5. The van der Waals surface area contributed by atoms with Crippen LogP contribution in [-0.2, 0) is 16.1 Å². The minimum absolute atomic E-state index is 0.154. The number of anilines is 1. The van der Waals surface area contributed by atoms with Gasteiger partial charge in [-0.2, -0.15) is 0 Å². The van der Waals surface area contributed by atoms with E-state index >= 15 is 0 Å². The van der Waals surface area contributed by atoms with E-state index < -0.39 is 5.60 Å². The third-order valence-corrected chi connectivity index (χ3v) is 5.96. The Kier molecular flexibility index (Phi) is 6.17. The second kappa shape index (κ2) is 9.02. The Hall–Kier alpha value is -3.35. The fourth-order valence-electron chi connectivity index (χ4n) is 4.20. The highest BCUT2D eigenvalue weighted by atomic mass is 16.5. The van der Waals surface area contributed by atoms with Crippen molar-refractivity contribution in [3.05, 3.63) is 59.7 Å². The van der Waals surface area contributed by atoms with Gasteiger partial charge in [-0.3, -0.25) is 19.3 Å². The van der Waals surface area contributed by atoms with E-state index in [-0.39, 0.29) is 30.3 Å². The van der Waals surface area contributed by atoms with Crippen LogP contribution < -0.4 is 20.3 Å². The third kappa shape index (κ3) is 4.77. The molecule has 2 aromatic rings. The molecule has 0 saturated heterocycles. The van der Waals surface area contributed by atoms with E-state index in [0.717, 1.165) is 31.2 Å². The Morgan fingerprint density at radius 1 is 1.09 bits per heavy atom. The molecule has 1 fully saturated rings. The van der Waals surface area contributed by atoms with Crippen molar-refractivity contribution in [2.45, 2.75) is 57.7 Å². The largest absolute Gasteiger partial charge is 0.476 e. The Labute approximate surface area is 188 Å². The van der Waals surface area contributed by atoms with Crippen LogP contribution in [0.2, 0.25) is 0 Å². The number of rotatable bonds is 6. The predicted octanol–water partition coefficient (Wildman–Crippen LogP) is 3.18. The summed E-state index contributed by atoms with van der Waals surface area (Å²) >= 11 is 0. The number of fused-ring (bicyclic) bond motifs is 1. The van der Waals surface area contributed by atoms with Crippen LogP contribution >= 0.6 is 0 Å². The molecule has 0 atom stereocenters. The summed E-state index contributed by atoms with van der Waals surface area (Å²) < 4.78 is 5.89. The minimum Gasteiger partial charge on any atom is -0.476 e. The van der Waals surface area contributed by atoms with Crippen molar-refractivity contribution in [3.8, 4) is 5.75 Å². The predicted molar refractivity (Wildman–Crippen MR) is 122 cm³/mol. The molecule has 32 heavy (non-hydrogen) atoms. The van der Waals surface area contributed by atoms with Gasteiger partial charge in [0.25, 0.3) is 11.8 Å². The van der Waals surface area contributed by atoms with E-state index in [1.54, 1.807) is 32.0 Å². The summed E-state index contributed by atoms with van der Waals surface area (Å²) in [6, 6.07) is 14.8. The summed E-state index contributed by atoms with van der Waals surface area (Å²) in [7, 11) is 0. The van der Waals surface area contributed by atoms with Gasteiger partial charge in [0.2, 0.25) is 5.91 Å². The standard InChI is InChI=1S/C25H29N3O4/c1-25(2)24(31)28(16-22(29)26-15-17-8-4-3-5-9-17)20-14-18(12-13-21(20)32-25)23(30)27-19-10-6-7-11-19/h3-5,8-9,12-14,19H,6-7,10-11,15-16H2,1-2H3,(H,26,29)(H,27,30). The molecule has 1 aliphatic heterocycles. The van der Waals surface area contributed by atoms with Gasteiger partial charge in [-0.15, -0.1) is 0 Å². The SMILES string of the molecule is CC1(C)Oc2ccc(C(=O)NC3CCCC3)cc2N(CC(=O)NCc2ccccc2)C1=O. The molecule has 0 aromatic heterocycles. The van der Waals surface area contributed by atoms with Crippen molar-refractivity contribution in [2.24, 2.45) is 0 Å². The van der Waals surface area contributed by atoms with Gasteiger partial charge in [0.05, 0.1) is 5.69 Å². The molecule has 1 saturated carbocycles. The van der Waals surface area contributed by atoms with E-state index in [4.69, 9.17) is 4.74 Å². The van der Waals surface area contributed by atoms with Gasteiger partial charge < -0.3 is 15.4 Å². The Morgan fingerprint density at radius 2 is 1.81 bits per heavy atom. The Morgan fingerprint density at radius 3 is 2.53 bits per heavy atom. The van der Waals surface area contributed by atoms with Gasteiger partial charge in [0, 0.05) is 18.2 Å². The molecule has 2 aliphatic rings. The molecule has 0 unspecified atom stereocenters. The number of benzene rings is 2. The number of carbonyl (C=O) groups is 3. The number of hydrogen-bond donors (Lipinski definition) is 2. The zero-order valence-electron chi connectivity index (χ0n) is 18.5. The molecular weight excluding hydrogens is 406 g/mol. The average Bonchev–Trinajstić information content (AvgIpc) is 3.29. The van der Waals surface area contributed by atoms with Crippen LogP contribution in [0, 0.1) is 0 Å². The van der Waals surface area contributed by atoms with Crippen LogP contribution in [-0.4, -0.2) is 35.9 Å². The van der Waals surface area contributed by atoms with Gasteiger partial charge >= 0.3 is 0 Å². The zero-order chi connectivity index (χ0) is 22.7. The van der Waals surface area contributed by atoms with E-state index in [0.29, 0.717) is 23.5 Å². The highest BCUT2D eigenvalue weighted by molar-refractivity contribution is 6.07. The summed E-state index contributed by atoms with van der Waals surface area (Å²) in [6.45, 7) is 3.57. The van der Waals surface area contributed by atoms with Crippen LogP contribution in [0.4, 0.5) is 5.69 Å². The van der Waals surface area contributed by atoms with Gasteiger partial charge in [-0.05, 0) is 50.5 Å². The first kappa shape index (κ1) is 21.9. The molecule has 3 amide bonds. The first-order valence-corrected chi connectivity index (χ1v) is 11.1. The highest BCUT2D eigenvalue weighted by Gasteiger charge is 2.42. The second-order valence-electron chi connectivity index (χ2n) is 8.90. The summed E-state index contributed by atoms with van der Waals surface area (Å²) in [5.41, 5.74) is 0.741. The minimum atomic E-state index is -1.11. The number of ether oxygens (including phenoxy) is 1. The molecule has 2 N–H and O–H groups in total. The van der Waals surface area contributed by atoms with Crippen molar-refractivity contribution < 1.29 is 19.1 Å². The molecule has 0 bridgehead atoms. The van der Waals surface area contributed by atoms with Crippen molar-refractivity contribution in [3.63, 3.8) is 0 Å². The molecule has 7 nitrogen and oxygen atoms in total. The van der Waals surface area contributed by atoms with Crippen molar-refractivity contribution in [1.29, 1.82) is 0 Å². The number of carbonyl (C=O) groups excluding carboxylic acids is 3. The second-order valence-corrected chi connectivity index (χ2v) is 8.90. The monoisotopic (exact) mass is 435 g/mol.